The number of aryl methyl sites for hydroxylation is 1. The Morgan fingerprint density at radius 2 is 2.21 bits per heavy atom. The zero-order valence-electron chi connectivity index (χ0n) is 10.4. The second-order valence-corrected chi connectivity index (χ2v) is 5.09. The van der Waals surface area contributed by atoms with Gasteiger partial charge in [0.2, 0.25) is 0 Å². The molecule has 1 atom stereocenters. The van der Waals surface area contributed by atoms with Crippen LogP contribution in [0, 0.1) is 0 Å². The van der Waals surface area contributed by atoms with Crippen molar-refractivity contribution in [2.45, 2.75) is 18.2 Å². The molecule has 1 aromatic carbocycles. The minimum Gasteiger partial charge on any atom is -0.467 e. The van der Waals surface area contributed by atoms with E-state index in [1.807, 2.05) is 24.3 Å². The molecule has 1 aliphatic rings. The van der Waals surface area contributed by atoms with Crippen LogP contribution in [0.3, 0.4) is 0 Å². The van der Waals surface area contributed by atoms with Gasteiger partial charge in [-0.05, 0) is 42.2 Å². The van der Waals surface area contributed by atoms with Crippen LogP contribution < -0.4 is 5.32 Å². The number of halogens is 1. The van der Waals surface area contributed by atoms with Crippen molar-refractivity contribution in [2.24, 2.45) is 0 Å². The van der Waals surface area contributed by atoms with Crippen molar-refractivity contribution in [3.05, 3.63) is 59.0 Å². The molecule has 0 radical (unpaired) electrons. The van der Waals surface area contributed by atoms with Gasteiger partial charge in [0, 0.05) is 12.1 Å². The molecule has 2 aromatic rings. The van der Waals surface area contributed by atoms with Gasteiger partial charge >= 0.3 is 0 Å². The van der Waals surface area contributed by atoms with Crippen LogP contribution in [-0.4, -0.2) is 12.5 Å². The predicted molar refractivity (Wildman–Crippen MR) is 73.5 cm³/mol. The van der Waals surface area contributed by atoms with Gasteiger partial charge < -0.3 is 9.73 Å². The van der Waals surface area contributed by atoms with Crippen LogP contribution >= 0.6 is 11.6 Å². The average molecular weight is 276 g/mol. The molecule has 0 saturated carbocycles. The first-order valence-electron chi connectivity index (χ1n) is 6.34. The Kier molecular flexibility index (Phi) is 3.30. The Hall–Kier alpha value is -1.74. The summed E-state index contributed by atoms with van der Waals surface area (Å²) in [5.74, 6) is 0.674. The summed E-state index contributed by atoms with van der Waals surface area (Å²) in [6.07, 6.45) is 3.49. The normalized spacial score (nSPS) is 16.4. The zero-order valence-corrected chi connectivity index (χ0v) is 11.1. The lowest BCUT2D eigenvalue weighted by Crippen LogP contribution is -2.22. The average Bonchev–Trinajstić information content (AvgIpc) is 2.90. The number of furan rings is 1. The van der Waals surface area contributed by atoms with Gasteiger partial charge in [0.25, 0.3) is 5.91 Å². The summed E-state index contributed by atoms with van der Waals surface area (Å²) in [5, 5.41) is 2.53. The van der Waals surface area contributed by atoms with E-state index in [1.54, 1.807) is 12.3 Å². The van der Waals surface area contributed by atoms with Gasteiger partial charge in [-0.1, -0.05) is 12.1 Å². The molecule has 98 valence electrons. The molecule has 0 bridgehead atoms. The van der Waals surface area contributed by atoms with Crippen molar-refractivity contribution in [3.63, 3.8) is 0 Å². The summed E-state index contributed by atoms with van der Waals surface area (Å²) in [7, 11) is 0. The third-order valence-electron chi connectivity index (χ3n) is 3.37. The number of fused-ring (bicyclic) bond motifs is 1. The van der Waals surface area contributed by atoms with Gasteiger partial charge in [0.15, 0.2) is 0 Å². The first-order valence-corrected chi connectivity index (χ1v) is 6.78. The van der Waals surface area contributed by atoms with E-state index in [0.717, 1.165) is 36.1 Å². The van der Waals surface area contributed by atoms with Crippen LogP contribution in [0.4, 0.5) is 0 Å². The highest BCUT2D eigenvalue weighted by atomic mass is 35.5. The minimum atomic E-state index is -0.364. The molecule has 0 fully saturated rings. The highest BCUT2D eigenvalue weighted by Crippen LogP contribution is 2.30. The summed E-state index contributed by atoms with van der Waals surface area (Å²) >= 11 is 6.38. The van der Waals surface area contributed by atoms with Gasteiger partial charge in [-0.25, -0.2) is 0 Å². The maximum atomic E-state index is 12.0. The number of amides is 1. The van der Waals surface area contributed by atoms with Crippen LogP contribution in [0.1, 0.15) is 39.0 Å². The number of hydrogen-bond donors (Lipinski definition) is 1. The Bertz CT molecular complexity index is 592. The van der Waals surface area contributed by atoms with E-state index in [1.165, 1.54) is 0 Å². The van der Waals surface area contributed by atoms with Crippen molar-refractivity contribution >= 4 is 17.5 Å². The first kappa shape index (κ1) is 12.3. The number of carbonyl (C=O) groups is 1. The number of hydrogen-bond acceptors (Lipinski definition) is 2. The quantitative estimate of drug-likeness (QED) is 0.855. The fourth-order valence-corrected chi connectivity index (χ4v) is 2.62. The second-order valence-electron chi connectivity index (χ2n) is 4.65. The van der Waals surface area contributed by atoms with Crippen molar-refractivity contribution in [2.75, 3.05) is 6.54 Å². The van der Waals surface area contributed by atoms with E-state index in [4.69, 9.17) is 16.0 Å². The van der Waals surface area contributed by atoms with Crippen LogP contribution in [0.15, 0.2) is 41.0 Å². The SMILES string of the molecule is O=C1NCCCc2ccc(C(Cl)c3ccco3)cc21. The summed E-state index contributed by atoms with van der Waals surface area (Å²) in [6.45, 7) is 0.728. The van der Waals surface area contributed by atoms with Crippen molar-refractivity contribution in [1.82, 2.24) is 5.32 Å². The van der Waals surface area contributed by atoms with Gasteiger partial charge in [0.1, 0.15) is 11.1 Å². The molecular weight excluding hydrogens is 262 g/mol. The number of alkyl halides is 1. The van der Waals surface area contributed by atoms with E-state index in [0.29, 0.717) is 5.76 Å². The van der Waals surface area contributed by atoms with E-state index in [9.17, 15) is 4.79 Å². The lowest BCUT2D eigenvalue weighted by atomic mass is 9.99. The lowest BCUT2D eigenvalue weighted by molar-refractivity contribution is 0.0956. The van der Waals surface area contributed by atoms with Crippen LogP contribution in [0.25, 0.3) is 0 Å². The summed E-state index contributed by atoms with van der Waals surface area (Å²) in [5.41, 5.74) is 2.70. The Morgan fingerprint density at radius 1 is 1.32 bits per heavy atom. The molecule has 0 aliphatic carbocycles. The van der Waals surface area contributed by atoms with Gasteiger partial charge in [-0.3, -0.25) is 4.79 Å². The predicted octanol–water partition coefficient (Wildman–Crippen LogP) is 3.28. The molecule has 1 unspecified atom stereocenters. The maximum Gasteiger partial charge on any atom is 0.251 e. The number of rotatable bonds is 2. The fraction of sp³-hybridized carbons (Fsp3) is 0.267. The van der Waals surface area contributed by atoms with Gasteiger partial charge in [-0.2, -0.15) is 0 Å². The molecule has 3 rings (SSSR count). The third-order valence-corrected chi connectivity index (χ3v) is 3.84. The van der Waals surface area contributed by atoms with E-state index in [-0.39, 0.29) is 11.3 Å². The fourth-order valence-electron chi connectivity index (χ4n) is 2.36. The van der Waals surface area contributed by atoms with Gasteiger partial charge in [-0.15, -0.1) is 11.6 Å². The zero-order chi connectivity index (χ0) is 13.2. The standard InChI is InChI=1S/C15H14ClNO2/c16-14(13-4-2-8-19-13)11-6-5-10-3-1-7-17-15(18)12(10)9-11/h2,4-6,8-9,14H,1,3,7H2,(H,17,18). The molecule has 2 heterocycles. The van der Waals surface area contributed by atoms with Crippen LogP contribution in [0.5, 0.6) is 0 Å². The summed E-state index contributed by atoms with van der Waals surface area (Å²) < 4.78 is 5.31. The monoisotopic (exact) mass is 275 g/mol. The summed E-state index contributed by atoms with van der Waals surface area (Å²) in [4.78, 5) is 12.0. The Balaban J connectivity index is 1.98. The van der Waals surface area contributed by atoms with Crippen LogP contribution in [0.2, 0.25) is 0 Å². The minimum absolute atomic E-state index is 0.0161. The second kappa shape index (κ2) is 5.10. The van der Waals surface area contributed by atoms with E-state index >= 15 is 0 Å². The van der Waals surface area contributed by atoms with Gasteiger partial charge in [0.05, 0.1) is 6.26 Å². The van der Waals surface area contributed by atoms with E-state index in [2.05, 4.69) is 5.32 Å². The number of nitrogens with one attached hydrogen (secondary N) is 1. The lowest BCUT2D eigenvalue weighted by Gasteiger charge is -2.11. The number of carbonyl (C=O) groups excluding carboxylic acids is 1. The largest absolute Gasteiger partial charge is 0.467 e. The molecule has 1 N–H and O–H groups in total. The molecule has 4 heteroatoms. The summed E-state index contributed by atoms with van der Waals surface area (Å²) in [6, 6.07) is 9.48. The molecule has 3 nitrogen and oxygen atoms in total. The van der Waals surface area contributed by atoms with Crippen molar-refractivity contribution < 1.29 is 9.21 Å². The third kappa shape index (κ3) is 2.38. The highest BCUT2D eigenvalue weighted by Gasteiger charge is 2.19. The topological polar surface area (TPSA) is 42.2 Å². The highest BCUT2D eigenvalue weighted by molar-refractivity contribution is 6.22. The molecule has 0 spiro atoms. The Labute approximate surface area is 116 Å². The maximum absolute atomic E-state index is 12.0. The molecule has 1 amide bonds. The Morgan fingerprint density at radius 3 is 3.00 bits per heavy atom. The molecule has 1 aliphatic heterocycles. The first-order chi connectivity index (χ1) is 9.25. The van der Waals surface area contributed by atoms with Crippen LogP contribution in [-0.2, 0) is 6.42 Å². The molecule has 1 aromatic heterocycles. The van der Waals surface area contributed by atoms with E-state index < -0.39 is 0 Å². The molecule has 0 saturated heterocycles. The van der Waals surface area contributed by atoms with Crippen molar-refractivity contribution in [1.29, 1.82) is 0 Å². The number of benzene rings is 1. The molecule has 19 heavy (non-hydrogen) atoms. The smallest absolute Gasteiger partial charge is 0.251 e. The van der Waals surface area contributed by atoms with Crippen molar-refractivity contribution in [3.8, 4) is 0 Å². The molecular formula is C15H14ClNO2.